The zero-order valence-corrected chi connectivity index (χ0v) is 11.0. The monoisotopic (exact) mass is 244 g/mol. The molecule has 1 rings (SSSR count). The van der Waals surface area contributed by atoms with E-state index in [1.165, 1.54) is 18.7 Å². The van der Waals surface area contributed by atoms with Crippen molar-refractivity contribution in [2.75, 3.05) is 7.11 Å². The van der Waals surface area contributed by atoms with Gasteiger partial charge < -0.3 is 4.74 Å². The van der Waals surface area contributed by atoms with E-state index in [0.29, 0.717) is 5.92 Å². The average Bonchev–Trinajstić information content (AvgIpc) is 2.42. The molecule has 0 saturated heterocycles. The second-order valence-corrected chi connectivity index (χ2v) is 4.25. The smallest absolute Gasteiger partial charge is 0.330 e. The van der Waals surface area contributed by atoms with Crippen LogP contribution < -0.4 is 0 Å². The molecular formula is C16H20O2. The Bertz CT molecular complexity index is 404. The van der Waals surface area contributed by atoms with Crippen molar-refractivity contribution in [3.05, 3.63) is 54.1 Å². The Morgan fingerprint density at radius 2 is 2.06 bits per heavy atom. The Labute approximate surface area is 109 Å². The highest BCUT2D eigenvalue weighted by Gasteiger charge is 1.96. The number of hydrogen-bond acceptors (Lipinski definition) is 2. The van der Waals surface area contributed by atoms with Gasteiger partial charge in [-0.1, -0.05) is 55.5 Å². The number of benzene rings is 1. The molecule has 0 aliphatic rings. The molecule has 0 aliphatic heterocycles. The van der Waals surface area contributed by atoms with Gasteiger partial charge in [-0.2, -0.15) is 0 Å². The van der Waals surface area contributed by atoms with Gasteiger partial charge in [-0.15, -0.1) is 0 Å². The summed E-state index contributed by atoms with van der Waals surface area (Å²) < 4.78 is 4.52. The maximum absolute atomic E-state index is 10.8. The van der Waals surface area contributed by atoms with Crippen LogP contribution in [0.15, 0.2) is 48.6 Å². The van der Waals surface area contributed by atoms with Crippen LogP contribution in [0.1, 0.15) is 25.3 Å². The minimum Gasteiger partial charge on any atom is -0.466 e. The highest BCUT2D eigenvalue weighted by Crippen LogP contribution is 2.11. The highest BCUT2D eigenvalue weighted by atomic mass is 16.5. The summed E-state index contributed by atoms with van der Waals surface area (Å²) in [7, 11) is 1.39. The summed E-state index contributed by atoms with van der Waals surface area (Å²) in [5.41, 5.74) is 1.22. The van der Waals surface area contributed by atoms with Crippen LogP contribution in [-0.4, -0.2) is 13.1 Å². The molecule has 2 heteroatoms. The Morgan fingerprint density at radius 1 is 1.33 bits per heavy atom. The Morgan fingerprint density at radius 3 is 2.72 bits per heavy atom. The van der Waals surface area contributed by atoms with Crippen molar-refractivity contribution in [3.8, 4) is 0 Å². The van der Waals surface area contributed by atoms with Crippen LogP contribution in [-0.2, 0) is 9.53 Å². The molecule has 0 saturated carbocycles. The van der Waals surface area contributed by atoms with Gasteiger partial charge in [0.2, 0.25) is 0 Å². The van der Waals surface area contributed by atoms with Crippen molar-refractivity contribution >= 4 is 12.0 Å². The number of carbonyl (C=O) groups is 1. The number of hydrogen-bond donors (Lipinski definition) is 0. The molecule has 0 fully saturated rings. The molecule has 0 amide bonds. The topological polar surface area (TPSA) is 26.3 Å². The van der Waals surface area contributed by atoms with E-state index in [1.807, 2.05) is 24.3 Å². The van der Waals surface area contributed by atoms with Gasteiger partial charge in [0.1, 0.15) is 0 Å². The standard InChI is InChI=1S/C16H20O2/c1-14(8-6-7-11-16(17)18-2)12-13-15-9-4-3-5-10-15/h3-5,7,9-14H,6,8H2,1-2H3/b11-7+,13-12+. The van der Waals surface area contributed by atoms with E-state index >= 15 is 0 Å². The molecule has 0 spiro atoms. The summed E-state index contributed by atoms with van der Waals surface area (Å²) >= 11 is 0. The molecule has 1 aromatic carbocycles. The maximum atomic E-state index is 10.8. The minimum atomic E-state index is -0.289. The largest absolute Gasteiger partial charge is 0.466 e. The molecule has 0 bridgehead atoms. The summed E-state index contributed by atoms with van der Waals surface area (Å²) in [5.74, 6) is 0.204. The fourth-order valence-electron chi connectivity index (χ4n) is 1.54. The van der Waals surface area contributed by atoms with Crippen LogP contribution in [0, 0.1) is 5.92 Å². The first-order chi connectivity index (χ1) is 8.72. The second-order valence-electron chi connectivity index (χ2n) is 4.25. The average molecular weight is 244 g/mol. The van der Waals surface area contributed by atoms with Crippen LogP contribution in [0.5, 0.6) is 0 Å². The third-order valence-electron chi connectivity index (χ3n) is 2.66. The zero-order valence-electron chi connectivity index (χ0n) is 11.0. The molecule has 0 N–H and O–H groups in total. The van der Waals surface area contributed by atoms with Crippen LogP contribution >= 0.6 is 0 Å². The lowest BCUT2D eigenvalue weighted by atomic mass is 10.0. The van der Waals surface area contributed by atoms with E-state index in [1.54, 1.807) is 0 Å². The fraction of sp³-hybridized carbons (Fsp3) is 0.312. The number of rotatable bonds is 6. The zero-order chi connectivity index (χ0) is 13.2. The number of methoxy groups -OCH3 is 1. The SMILES string of the molecule is COC(=O)/C=C/CCC(C)/C=C/c1ccccc1. The van der Waals surface area contributed by atoms with Gasteiger partial charge in [-0.3, -0.25) is 0 Å². The van der Waals surface area contributed by atoms with Crippen molar-refractivity contribution in [2.45, 2.75) is 19.8 Å². The quantitative estimate of drug-likeness (QED) is 0.561. The molecule has 0 heterocycles. The maximum Gasteiger partial charge on any atom is 0.330 e. The van der Waals surface area contributed by atoms with Crippen LogP contribution in [0.4, 0.5) is 0 Å². The molecule has 18 heavy (non-hydrogen) atoms. The Kier molecular flexibility index (Phi) is 6.55. The lowest BCUT2D eigenvalue weighted by molar-refractivity contribution is -0.134. The third kappa shape index (κ3) is 6.04. The van der Waals surface area contributed by atoms with Gasteiger partial charge in [0.05, 0.1) is 7.11 Å². The van der Waals surface area contributed by atoms with E-state index in [2.05, 4.69) is 35.9 Å². The minimum absolute atomic E-state index is 0.289. The molecule has 96 valence electrons. The molecule has 2 nitrogen and oxygen atoms in total. The number of carbonyl (C=O) groups excluding carboxylic acids is 1. The molecule has 0 aliphatic carbocycles. The Hall–Kier alpha value is -1.83. The molecule has 0 radical (unpaired) electrons. The van der Waals surface area contributed by atoms with Crippen LogP contribution in [0.3, 0.4) is 0 Å². The number of esters is 1. The van der Waals surface area contributed by atoms with E-state index in [9.17, 15) is 4.79 Å². The molecule has 1 unspecified atom stereocenters. The van der Waals surface area contributed by atoms with Crippen molar-refractivity contribution in [1.82, 2.24) is 0 Å². The van der Waals surface area contributed by atoms with Crippen molar-refractivity contribution in [1.29, 1.82) is 0 Å². The van der Waals surface area contributed by atoms with Crippen LogP contribution in [0.2, 0.25) is 0 Å². The Balaban J connectivity index is 2.30. The van der Waals surface area contributed by atoms with Gasteiger partial charge >= 0.3 is 5.97 Å². The summed E-state index contributed by atoms with van der Waals surface area (Å²) in [4.78, 5) is 10.8. The number of allylic oxidation sites excluding steroid dienone is 2. The van der Waals surface area contributed by atoms with Crippen molar-refractivity contribution in [2.24, 2.45) is 5.92 Å². The summed E-state index contributed by atoms with van der Waals surface area (Å²) in [5, 5.41) is 0. The van der Waals surface area contributed by atoms with Crippen LogP contribution in [0.25, 0.3) is 6.08 Å². The van der Waals surface area contributed by atoms with Gasteiger partial charge in [0.15, 0.2) is 0 Å². The molecule has 1 atom stereocenters. The van der Waals surface area contributed by atoms with Gasteiger partial charge in [0.25, 0.3) is 0 Å². The van der Waals surface area contributed by atoms with Crippen molar-refractivity contribution in [3.63, 3.8) is 0 Å². The highest BCUT2D eigenvalue weighted by molar-refractivity contribution is 5.81. The van der Waals surface area contributed by atoms with Gasteiger partial charge in [-0.05, 0) is 24.3 Å². The summed E-state index contributed by atoms with van der Waals surface area (Å²) in [6.45, 7) is 2.17. The lowest BCUT2D eigenvalue weighted by Crippen LogP contribution is -1.94. The second kappa shape index (κ2) is 8.29. The first-order valence-electron chi connectivity index (χ1n) is 6.20. The first kappa shape index (κ1) is 14.2. The first-order valence-corrected chi connectivity index (χ1v) is 6.20. The fourth-order valence-corrected chi connectivity index (χ4v) is 1.54. The normalized spacial score (nSPS) is 13.0. The molecule has 1 aromatic rings. The summed E-state index contributed by atoms with van der Waals surface area (Å²) in [6.07, 6.45) is 9.58. The lowest BCUT2D eigenvalue weighted by Gasteiger charge is -2.03. The van der Waals surface area contributed by atoms with Crippen molar-refractivity contribution < 1.29 is 9.53 Å². The third-order valence-corrected chi connectivity index (χ3v) is 2.66. The summed E-state index contributed by atoms with van der Waals surface area (Å²) in [6, 6.07) is 10.2. The number of ether oxygens (including phenoxy) is 1. The van der Waals surface area contributed by atoms with E-state index in [0.717, 1.165) is 12.8 Å². The molecular weight excluding hydrogens is 224 g/mol. The van der Waals surface area contributed by atoms with Gasteiger partial charge in [0, 0.05) is 6.08 Å². The molecule has 0 aromatic heterocycles. The van der Waals surface area contributed by atoms with Gasteiger partial charge in [-0.25, -0.2) is 4.79 Å². The van der Waals surface area contributed by atoms with E-state index in [4.69, 9.17) is 0 Å². The van der Waals surface area contributed by atoms with E-state index < -0.39 is 0 Å². The predicted octanol–water partition coefficient (Wildman–Crippen LogP) is 3.85. The van der Waals surface area contributed by atoms with E-state index in [-0.39, 0.29) is 5.97 Å². The predicted molar refractivity (Wildman–Crippen MR) is 75.0 cm³/mol.